The number of H-pyrrole nitrogens is 1. The fourth-order valence-electron chi connectivity index (χ4n) is 3.71. The second-order valence-corrected chi connectivity index (χ2v) is 8.99. The summed E-state index contributed by atoms with van der Waals surface area (Å²) < 4.78 is 0. The van der Waals surface area contributed by atoms with Gasteiger partial charge in [0.05, 0.1) is 0 Å². The van der Waals surface area contributed by atoms with Crippen LogP contribution in [0.1, 0.15) is 46.7 Å². The van der Waals surface area contributed by atoms with Crippen molar-refractivity contribution in [3.05, 3.63) is 80.9 Å². The number of carbonyl (C=O) groups excluding carboxylic acids is 1. The predicted molar refractivity (Wildman–Crippen MR) is 134 cm³/mol. The Kier molecular flexibility index (Phi) is 7.66. The van der Waals surface area contributed by atoms with Crippen molar-refractivity contribution in [2.24, 2.45) is 0 Å². The number of aryl methyl sites for hydroxylation is 2. The first-order chi connectivity index (χ1) is 15.6. The molecule has 2 heterocycles. The lowest BCUT2D eigenvalue weighted by Crippen LogP contribution is -2.28. The van der Waals surface area contributed by atoms with Crippen LogP contribution in [-0.2, 0) is 13.1 Å². The van der Waals surface area contributed by atoms with Crippen molar-refractivity contribution in [1.29, 1.82) is 0 Å². The quantitative estimate of drug-likeness (QED) is 0.488. The van der Waals surface area contributed by atoms with Gasteiger partial charge in [0, 0.05) is 30.4 Å². The van der Waals surface area contributed by atoms with Crippen LogP contribution < -0.4 is 16.2 Å². The van der Waals surface area contributed by atoms with Gasteiger partial charge in [0.1, 0.15) is 11.5 Å². The number of nitrogens with zero attached hydrogens (tertiary/aromatic N) is 2. The van der Waals surface area contributed by atoms with E-state index in [0.29, 0.717) is 17.1 Å². The van der Waals surface area contributed by atoms with E-state index < -0.39 is 0 Å². The van der Waals surface area contributed by atoms with Gasteiger partial charge in [-0.05, 0) is 82.2 Å². The maximum absolute atomic E-state index is 13.0. The Morgan fingerprint density at radius 2 is 1.76 bits per heavy atom. The van der Waals surface area contributed by atoms with E-state index in [4.69, 9.17) is 0 Å². The molecule has 0 spiro atoms. The molecule has 0 saturated carbocycles. The number of carbonyl (C=O) groups is 1. The molecule has 0 aliphatic rings. The van der Waals surface area contributed by atoms with E-state index in [1.807, 2.05) is 53.9 Å². The maximum Gasteiger partial charge on any atom is 0.270 e. The number of aromatic nitrogens is 2. The molecule has 1 aromatic carbocycles. The molecule has 0 aliphatic heterocycles. The minimum Gasteiger partial charge on any atom is -0.368 e. The largest absolute Gasteiger partial charge is 0.368 e. The van der Waals surface area contributed by atoms with Gasteiger partial charge in [0.2, 0.25) is 0 Å². The molecule has 0 aliphatic carbocycles. The van der Waals surface area contributed by atoms with Crippen LogP contribution in [0.4, 0.5) is 5.82 Å². The highest BCUT2D eigenvalue weighted by Crippen LogP contribution is 2.24. The average Bonchev–Trinajstić information content (AvgIpc) is 2.72. The highest BCUT2D eigenvalue weighted by molar-refractivity contribution is 5.94. The van der Waals surface area contributed by atoms with Crippen molar-refractivity contribution in [1.82, 2.24) is 20.2 Å². The second-order valence-electron chi connectivity index (χ2n) is 8.99. The SMILES string of the molecule is Cc1cc(C)c(CNC(=O)c2cc(-c3ccc(CN(C)C)cc3)cc(NC(C)C)n2)c(=O)[nH]1. The molecular weight excluding hydrogens is 414 g/mol. The number of hydrogen-bond acceptors (Lipinski definition) is 5. The predicted octanol–water partition coefficient (Wildman–Crippen LogP) is 3.87. The van der Waals surface area contributed by atoms with Crippen LogP contribution in [0.15, 0.2) is 47.3 Å². The number of anilines is 1. The molecular formula is C26H33N5O2. The first kappa shape index (κ1) is 24.2. The van der Waals surface area contributed by atoms with Gasteiger partial charge in [-0.15, -0.1) is 0 Å². The van der Waals surface area contributed by atoms with E-state index in [9.17, 15) is 9.59 Å². The van der Waals surface area contributed by atoms with Gasteiger partial charge in [0.25, 0.3) is 11.5 Å². The van der Waals surface area contributed by atoms with Crippen LogP contribution in [0, 0.1) is 13.8 Å². The van der Waals surface area contributed by atoms with Crippen LogP contribution in [0.3, 0.4) is 0 Å². The third kappa shape index (κ3) is 6.52. The number of aromatic amines is 1. The molecule has 7 nitrogen and oxygen atoms in total. The van der Waals surface area contributed by atoms with E-state index in [2.05, 4.69) is 49.8 Å². The summed E-state index contributed by atoms with van der Waals surface area (Å²) in [6.07, 6.45) is 0. The van der Waals surface area contributed by atoms with E-state index >= 15 is 0 Å². The maximum atomic E-state index is 13.0. The molecule has 7 heteroatoms. The standard InChI is InChI=1S/C26H33N5O2/c1-16(2)28-24-13-21(20-9-7-19(8-10-20)15-31(5)6)12-23(30-24)26(33)27-14-22-17(3)11-18(4)29-25(22)32/h7-13,16H,14-15H2,1-6H3,(H,27,33)(H,28,30)(H,29,32). The number of benzene rings is 1. The van der Waals surface area contributed by atoms with E-state index in [1.54, 1.807) is 6.07 Å². The summed E-state index contributed by atoms with van der Waals surface area (Å²) in [5.74, 6) is 0.307. The molecule has 0 atom stereocenters. The molecule has 2 aromatic heterocycles. The van der Waals surface area contributed by atoms with Crippen molar-refractivity contribution in [2.45, 2.75) is 46.8 Å². The Bertz CT molecular complexity index is 1180. The fourth-order valence-corrected chi connectivity index (χ4v) is 3.71. The van der Waals surface area contributed by atoms with E-state index in [1.165, 1.54) is 5.56 Å². The fraction of sp³-hybridized carbons (Fsp3) is 0.346. The van der Waals surface area contributed by atoms with Gasteiger partial charge < -0.3 is 20.5 Å². The number of amides is 1. The first-order valence-corrected chi connectivity index (χ1v) is 11.1. The highest BCUT2D eigenvalue weighted by Gasteiger charge is 2.14. The van der Waals surface area contributed by atoms with Gasteiger partial charge in [-0.1, -0.05) is 24.3 Å². The summed E-state index contributed by atoms with van der Waals surface area (Å²) in [4.78, 5) is 34.7. The van der Waals surface area contributed by atoms with Crippen molar-refractivity contribution in [3.8, 4) is 11.1 Å². The number of nitrogens with one attached hydrogen (secondary N) is 3. The van der Waals surface area contributed by atoms with Crippen molar-refractivity contribution < 1.29 is 4.79 Å². The lowest BCUT2D eigenvalue weighted by atomic mass is 10.0. The summed E-state index contributed by atoms with van der Waals surface area (Å²) in [6.45, 7) is 8.75. The third-order valence-corrected chi connectivity index (χ3v) is 5.20. The van der Waals surface area contributed by atoms with Crippen molar-refractivity contribution in [2.75, 3.05) is 19.4 Å². The Hall–Kier alpha value is -3.45. The molecule has 3 rings (SSSR count). The first-order valence-electron chi connectivity index (χ1n) is 11.1. The molecule has 0 radical (unpaired) electrons. The monoisotopic (exact) mass is 447 g/mol. The zero-order chi connectivity index (χ0) is 24.1. The van der Waals surface area contributed by atoms with Gasteiger partial charge >= 0.3 is 0 Å². The molecule has 1 amide bonds. The lowest BCUT2D eigenvalue weighted by molar-refractivity contribution is 0.0946. The Balaban J connectivity index is 1.88. The molecule has 0 bridgehead atoms. The second kappa shape index (κ2) is 10.4. The molecule has 0 unspecified atom stereocenters. The Morgan fingerprint density at radius 3 is 2.36 bits per heavy atom. The normalized spacial score (nSPS) is 11.2. The van der Waals surface area contributed by atoms with Crippen molar-refractivity contribution in [3.63, 3.8) is 0 Å². The summed E-state index contributed by atoms with van der Waals surface area (Å²) >= 11 is 0. The van der Waals surface area contributed by atoms with E-state index in [0.717, 1.165) is 28.9 Å². The van der Waals surface area contributed by atoms with Gasteiger partial charge in [-0.2, -0.15) is 0 Å². The number of pyridine rings is 2. The van der Waals surface area contributed by atoms with Gasteiger partial charge in [-0.3, -0.25) is 9.59 Å². The molecule has 0 fully saturated rings. The highest BCUT2D eigenvalue weighted by atomic mass is 16.2. The molecule has 33 heavy (non-hydrogen) atoms. The number of rotatable bonds is 8. The number of hydrogen-bond donors (Lipinski definition) is 3. The zero-order valence-electron chi connectivity index (χ0n) is 20.2. The third-order valence-electron chi connectivity index (χ3n) is 5.20. The Labute approximate surface area is 195 Å². The molecule has 0 saturated heterocycles. The average molecular weight is 448 g/mol. The topological polar surface area (TPSA) is 90.1 Å². The Morgan fingerprint density at radius 1 is 1.06 bits per heavy atom. The van der Waals surface area contributed by atoms with Crippen molar-refractivity contribution >= 4 is 11.7 Å². The molecule has 174 valence electrons. The molecule has 3 aromatic rings. The summed E-state index contributed by atoms with van der Waals surface area (Å²) in [6, 6.07) is 14.1. The summed E-state index contributed by atoms with van der Waals surface area (Å²) in [5.41, 5.74) is 5.42. The minimum atomic E-state index is -0.327. The lowest BCUT2D eigenvalue weighted by Gasteiger charge is -2.14. The van der Waals surface area contributed by atoms with E-state index in [-0.39, 0.29) is 24.1 Å². The zero-order valence-corrected chi connectivity index (χ0v) is 20.2. The minimum absolute atomic E-state index is 0.137. The van der Waals surface area contributed by atoms with Crippen LogP contribution in [0.5, 0.6) is 0 Å². The summed E-state index contributed by atoms with van der Waals surface area (Å²) in [5, 5.41) is 6.14. The van der Waals surface area contributed by atoms with Crippen LogP contribution in [-0.4, -0.2) is 40.9 Å². The summed E-state index contributed by atoms with van der Waals surface area (Å²) in [7, 11) is 4.08. The van der Waals surface area contributed by atoms with Gasteiger partial charge in [-0.25, -0.2) is 4.98 Å². The van der Waals surface area contributed by atoms with Crippen LogP contribution in [0.25, 0.3) is 11.1 Å². The van der Waals surface area contributed by atoms with Crippen LogP contribution >= 0.6 is 0 Å². The molecule has 3 N–H and O–H groups in total. The van der Waals surface area contributed by atoms with Gasteiger partial charge in [0.15, 0.2) is 0 Å². The van der Waals surface area contributed by atoms with Crippen LogP contribution in [0.2, 0.25) is 0 Å². The smallest absolute Gasteiger partial charge is 0.270 e.